The molecule has 0 spiro atoms. The Hall–Kier alpha value is -1.82. The van der Waals surface area contributed by atoms with Gasteiger partial charge in [-0.05, 0) is 36.5 Å². The molecule has 17 heavy (non-hydrogen) atoms. The minimum atomic E-state index is -1.48. The summed E-state index contributed by atoms with van der Waals surface area (Å²) in [5.41, 5.74) is 0.988. The summed E-state index contributed by atoms with van der Waals surface area (Å²) >= 11 is 0. The zero-order chi connectivity index (χ0) is 13.2. The Morgan fingerprint density at radius 3 is 2.47 bits per heavy atom. The second-order valence-corrected chi connectivity index (χ2v) is 4.77. The average molecular weight is 231 g/mol. The fourth-order valence-electron chi connectivity index (χ4n) is 1.76. The van der Waals surface area contributed by atoms with Crippen LogP contribution in [0.3, 0.4) is 0 Å². The molecular formula is C14H17NO2. The summed E-state index contributed by atoms with van der Waals surface area (Å²) in [7, 11) is 0. The maximum atomic E-state index is 11.3. The fourth-order valence-corrected chi connectivity index (χ4v) is 1.76. The molecule has 3 heteroatoms. The van der Waals surface area contributed by atoms with Crippen LogP contribution in [0.5, 0.6) is 0 Å². The van der Waals surface area contributed by atoms with Crippen molar-refractivity contribution in [2.75, 3.05) is 0 Å². The van der Waals surface area contributed by atoms with E-state index in [-0.39, 0.29) is 0 Å². The summed E-state index contributed by atoms with van der Waals surface area (Å²) in [5.74, 6) is -0.796. The molecule has 0 aliphatic heterocycles. The number of carbonyl (C=O) groups is 1. The minimum Gasteiger partial charge on any atom is -0.480 e. The molecule has 0 saturated carbocycles. The van der Waals surface area contributed by atoms with Gasteiger partial charge >= 0.3 is 5.97 Å². The molecule has 1 unspecified atom stereocenters. The van der Waals surface area contributed by atoms with Crippen LogP contribution < -0.4 is 0 Å². The molecule has 0 saturated heterocycles. The Bertz CT molecular complexity index is 485. The standard InChI is InChI=1S/C14H17NO2/c1-9(2)11-6-5-10(3)12(7-11)14(4,8-15)13(16)17/h5-7,9H,1-4H3,(H,16,17). The zero-order valence-electron chi connectivity index (χ0n) is 10.6. The molecule has 3 nitrogen and oxygen atoms in total. The lowest BCUT2D eigenvalue weighted by Gasteiger charge is -2.21. The fraction of sp³-hybridized carbons (Fsp3) is 0.429. The van der Waals surface area contributed by atoms with Gasteiger partial charge in [-0.25, -0.2) is 0 Å². The van der Waals surface area contributed by atoms with Gasteiger partial charge in [-0.2, -0.15) is 5.26 Å². The number of nitriles is 1. The first-order valence-corrected chi connectivity index (χ1v) is 5.58. The maximum Gasteiger partial charge on any atom is 0.328 e. The van der Waals surface area contributed by atoms with Gasteiger partial charge in [-0.1, -0.05) is 32.0 Å². The third kappa shape index (κ3) is 2.31. The van der Waals surface area contributed by atoms with Crippen molar-refractivity contribution in [3.05, 3.63) is 34.9 Å². The van der Waals surface area contributed by atoms with Crippen molar-refractivity contribution in [1.82, 2.24) is 0 Å². The number of carboxylic acid groups (broad SMARTS) is 1. The van der Waals surface area contributed by atoms with Crippen molar-refractivity contribution in [3.8, 4) is 6.07 Å². The molecule has 0 radical (unpaired) electrons. The van der Waals surface area contributed by atoms with Crippen LogP contribution in [0.25, 0.3) is 0 Å². The quantitative estimate of drug-likeness (QED) is 0.869. The molecular weight excluding hydrogens is 214 g/mol. The first-order chi connectivity index (χ1) is 7.82. The Morgan fingerprint density at radius 1 is 1.47 bits per heavy atom. The highest BCUT2D eigenvalue weighted by atomic mass is 16.4. The van der Waals surface area contributed by atoms with E-state index in [1.165, 1.54) is 6.92 Å². The van der Waals surface area contributed by atoms with Crippen molar-refractivity contribution in [2.24, 2.45) is 0 Å². The monoisotopic (exact) mass is 231 g/mol. The van der Waals surface area contributed by atoms with Gasteiger partial charge in [0.15, 0.2) is 5.41 Å². The van der Waals surface area contributed by atoms with E-state index in [9.17, 15) is 9.90 Å². The van der Waals surface area contributed by atoms with Crippen LogP contribution in [0, 0.1) is 18.3 Å². The second-order valence-electron chi connectivity index (χ2n) is 4.77. The molecule has 1 rings (SSSR count). The average Bonchev–Trinajstić information content (AvgIpc) is 2.28. The number of hydrogen-bond acceptors (Lipinski definition) is 2. The third-order valence-corrected chi connectivity index (χ3v) is 3.12. The largest absolute Gasteiger partial charge is 0.480 e. The Morgan fingerprint density at radius 2 is 2.06 bits per heavy atom. The van der Waals surface area contributed by atoms with Crippen LogP contribution in [-0.2, 0) is 10.2 Å². The molecule has 1 atom stereocenters. The predicted molar refractivity (Wildman–Crippen MR) is 65.9 cm³/mol. The summed E-state index contributed by atoms with van der Waals surface area (Å²) in [6.07, 6.45) is 0. The van der Waals surface area contributed by atoms with Crippen LogP contribution in [0.15, 0.2) is 18.2 Å². The normalized spacial score (nSPS) is 14.1. The lowest BCUT2D eigenvalue weighted by Crippen LogP contribution is -2.31. The van der Waals surface area contributed by atoms with E-state index >= 15 is 0 Å². The van der Waals surface area contributed by atoms with Gasteiger partial charge in [0.1, 0.15) is 0 Å². The van der Waals surface area contributed by atoms with Crippen molar-refractivity contribution >= 4 is 5.97 Å². The van der Waals surface area contributed by atoms with Crippen molar-refractivity contribution in [3.63, 3.8) is 0 Å². The molecule has 90 valence electrons. The molecule has 1 aromatic rings. The highest BCUT2D eigenvalue weighted by molar-refractivity contribution is 5.85. The molecule has 0 heterocycles. The summed E-state index contributed by atoms with van der Waals surface area (Å²) < 4.78 is 0. The van der Waals surface area contributed by atoms with Gasteiger partial charge in [0, 0.05) is 0 Å². The summed E-state index contributed by atoms with van der Waals surface area (Å²) in [5, 5.41) is 18.3. The van der Waals surface area contributed by atoms with Crippen molar-refractivity contribution in [1.29, 1.82) is 5.26 Å². The number of rotatable bonds is 3. The first-order valence-electron chi connectivity index (χ1n) is 5.58. The van der Waals surface area contributed by atoms with Crippen molar-refractivity contribution in [2.45, 2.75) is 39.0 Å². The highest BCUT2D eigenvalue weighted by Gasteiger charge is 2.36. The van der Waals surface area contributed by atoms with E-state index in [1.54, 1.807) is 0 Å². The van der Waals surface area contributed by atoms with Crippen molar-refractivity contribution < 1.29 is 9.90 Å². The molecule has 1 N–H and O–H groups in total. The molecule has 0 aromatic heterocycles. The van der Waals surface area contributed by atoms with Crippen LogP contribution in [0.2, 0.25) is 0 Å². The SMILES string of the molecule is Cc1ccc(C(C)C)cc1C(C)(C#N)C(=O)O. The van der Waals surface area contributed by atoms with Crippen LogP contribution in [0.1, 0.15) is 43.4 Å². The molecule has 0 aliphatic carbocycles. The van der Waals surface area contributed by atoms with Crippen LogP contribution >= 0.6 is 0 Å². The Kier molecular flexibility index (Phi) is 3.57. The van der Waals surface area contributed by atoms with E-state index in [0.717, 1.165) is 11.1 Å². The number of benzene rings is 1. The minimum absolute atomic E-state index is 0.311. The van der Waals surface area contributed by atoms with Gasteiger partial charge < -0.3 is 5.11 Å². The number of hydrogen-bond donors (Lipinski definition) is 1. The van der Waals surface area contributed by atoms with Gasteiger partial charge in [0.05, 0.1) is 6.07 Å². The first kappa shape index (κ1) is 13.2. The van der Waals surface area contributed by atoms with E-state index in [0.29, 0.717) is 11.5 Å². The topological polar surface area (TPSA) is 61.1 Å². The predicted octanol–water partition coefficient (Wildman–Crippen LogP) is 2.98. The lowest BCUT2D eigenvalue weighted by molar-refractivity contribution is -0.141. The van der Waals surface area contributed by atoms with Crippen LogP contribution in [-0.4, -0.2) is 11.1 Å². The van der Waals surface area contributed by atoms with Gasteiger partial charge in [-0.15, -0.1) is 0 Å². The smallest absolute Gasteiger partial charge is 0.328 e. The van der Waals surface area contributed by atoms with Crippen LogP contribution in [0.4, 0.5) is 0 Å². The zero-order valence-corrected chi connectivity index (χ0v) is 10.6. The number of carboxylic acids is 1. The van der Waals surface area contributed by atoms with E-state index < -0.39 is 11.4 Å². The maximum absolute atomic E-state index is 11.3. The molecule has 0 aliphatic rings. The van der Waals surface area contributed by atoms with E-state index in [2.05, 4.69) is 0 Å². The van der Waals surface area contributed by atoms with E-state index in [4.69, 9.17) is 5.26 Å². The van der Waals surface area contributed by atoms with Gasteiger partial charge in [0.25, 0.3) is 0 Å². The number of nitrogens with zero attached hydrogens (tertiary/aromatic N) is 1. The lowest BCUT2D eigenvalue weighted by atomic mass is 9.80. The summed E-state index contributed by atoms with van der Waals surface area (Å²) in [6.45, 7) is 7.36. The molecule has 0 fully saturated rings. The van der Waals surface area contributed by atoms with Gasteiger partial charge in [0.2, 0.25) is 0 Å². The number of aryl methyl sites for hydroxylation is 1. The third-order valence-electron chi connectivity index (χ3n) is 3.12. The number of aliphatic carboxylic acids is 1. The summed E-state index contributed by atoms with van der Waals surface area (Å²) in [6, 6.07) is 7.59. The van der Waals surface area contributed by atoms with Gasteiger partial charge in [-0.3, -0.25) is 4.79 Å². The second kappa shape index (κ2) is 4.58. The highest BCUT2D eigenvalue weighted by Crippen LogP contribution is 2.29. The molecule has 1 aromatic carbocycles. The molecule has 0 amide bonds. The van der Waals surface area contributed by atoms with E-state index in [1.807, 2.05) is 45.0 Å². The Labute approximate surface area is 102 Å². The molecule has 0 bridgehead atoms. The summed E-state index contributed by atoms with van der Waals surface area (Å²) in [4.78, 5) is 11.3. The Balaban J connectivity index is 3.45.